The number of aromatic carboxylic acids is 1. The van der Waals surface area contributed by atoms with E-state index in [1.54, 1.807) is 17.7 Å². The number of para-hydroxylation sites is 1. The van der Waals surface area contributed by atoms with Gasteiger partial charge in [-0.15, -0.1) is 0 Å². The first-order valence-corrected chi connectivity index (χ1v) is 6.80. The number of carboxylic acids is 1. The van der Waals surface area contributed by atoms with Crippen LogP contribution in [0.2, 0.25) is 0 Å². The summed E-state index contributed by atoms with van der Waals surface area (Å²) in [5, 5.41) is 12.6. The zero-order chi connectivity index (χ0) is 14.7. The molecule has 104 valence electrons. The van der Waals surface area contributed by atoms with Crippen molar-refractivity contribution in [2.24, 2.45) is 7.05 Å². The molecule has 2 aromatic heterocycles. The first-order valence-electron chi connectivity index (χ1n) is 6.80. The molecule has 0 aliphatic rings. The van der Waals surface area contributed by atoms with Crippen molar-refractivity contribution in [1.29, 1.82) is 0 Å². The van der Waals surface area contributed by atoms with Gasteiger partial charge in [-0.2, -0.15) is 0 Å². The van der Waals surface area contributed by atoms with Gasteiger partial charge in [0.25, 0.3) is 0 Å². The molecule has 0 atom stereocenters. The van der Waals surface area contributed by atoms with Crippen molar-refractivity contribution >= 4 is 38.7 Å². The molecule has 0 fully saturated rings. The molecular formula is C17H14N2O2. The maximum Gasteiger partial charge on any atom is 0.352 e. The smallest absolute Gasteiger partial charge is 0.352 e. The molecule has 0 aliphatic heterocycles. The lowest BCUT2D eigenvalue weighted by Crippen LogP contribution is -2.04. The molecule has 0 aliphatic carbocycles. The number of nitrogens with one attached hydrogen (secondary N) is 1. The van der Waals surface area contributed by atoms with E-state index in [1.807, 2.05) is 25.1 Å². The lowest BCUT2D eigenvalue weighted by atomic mass is 10.1. The van der Waals surface area contributed by atoms with Crippen molar-refractivity contribution in [3.05, 3.63) is 47.7 Å². The van der Waals surface area contributed by atoms with Crippen molar-refractivity contribution in [2.75, 3.05) is 0 Å². The molecule has 0 saturated carbocycles. The Balaban J connectivity index is 2.28. The molecule has 0 unspecified atom stereocenters. The van der Waals surface area contributed by atoms with Gasteiger partial charge >= 0.3 is 5.97 Å². The zero-order valence-electron chi connectivity index (χ0n) is 11.8. The summed E-state index contributed by atoms with van der Waals surface area (Å²) in [6, 6.07) is 12.0. The topological polar surface area (TPSA) is 58.0 Å². The molecule has 2 aromatic carbocycles. The summed E-state index contributed by atoms with van der Waals surface area (Å²) >= 11 is 0. The number of aromatic nitrogens is 2. The van der Waals surface area contributed by atoms with Gasteiger partial charge in [-0.3, -0.25) is 0 Å². The average Bonchev–Trinajstić information content (AvgIpc) is 2.98. The molecule has 0 bridgehead atoms. The van der Waals surface area contributed by atoms with Crippen LogP contribution < -0.4 is 0 Å². The van der Waals surface area contributed by atoms with Crippen molar-refractivity contribution < 1.29 is 9.90 Å². The summed E-state index contributed by atoms with van der Waals surface area (Å²) in [6.07, 6.45) is 0. The second-order valence-electron chi connectivity index (χ2n) is 5.44. The normalized spacial score (nSPS) is 11.7. The van der Waals surface area contributed by atoms with Gasteiger partial charge in [-0.1, -0.05) is 18.2 Å². The molecule has 0 amide bonds. The number of rotatable bonds is 1. The number of carboxylic acid groups (broad SMARTS) is 1. The molecule has 2 heterocycles. The van der Waals surface area contributed by atoms with Crippen LogP contribution in [-0.4, -0.2) is 20.6 Å². The molecule has 4 aromatic rings. The maximum absolute atomic E-state index is 11.4. The number of H-pyrrole nitrogens is 1. The van der Waals surface area contributed by atoms with Gasteiger partial charge in [-0.25, -0.2) is 4.79 Å². The number of carbonyl (C=O) groups is 1. The van der Waals surface area contributed by atoms with Crippen molar-refractivity contribution in [3.63, 3.8) is 0 Å². The lowest BCUT2D eigenvalue weighted by Gasteiger charge is -2.04. The van der Waals surface area contributed by atoms with Crippen molar-refractivity contribution in [2.45, 2.75) is 6.92 Å². The van der Waals surface area contributed by atoms with Gasteiger partial charge in [0.2, 0.25) is 0 Å². The monoisotopic (exact) mass is 278 g/mol. The van der Waals surface area contributed by atoms with Gasteiger partial charge in [-0.05, 0) is 30.7 Å². The van der Waals surface area contributed by atoms with Gasteiger partial charge in [0, 0.05) is 28.7 Å². The first kappa shape index (κ1) is 12.0. The van der Waals surface area contributed by atoms with Crippen molar-refractivity contribution in [3.8, 4) is 0 Å². The number of aryl methyl sites for hydroxylation is 2. The Hall–Kier alpha value is -2.75. The first-order chi connectivity index (χ1) is 10.1. The van der Waals surface area contributed by atoms with E-state index in [9.17, 15) is 9.90 Å². The summed E-state index contributed by atoms with van der Waals surface area (Å²) in [6.45, 7) is 2.02. The van der Waals surface area contributed by atoms with Crippen LogP contribution in [-0.2, 0) is 7.05 Å². The standard InChI is InChI=1S/C17H14N2O2/c1-9-7-11-10-5-3-4-6-13(10)18-15(11)12-8-14(17(20)21)19(2)16(9)12/h3-8,18H,1-2H3,(H,20,21). The van der Waals surface area contributed by atoms with E-state index in [-0.39, 0.29) is 0 Å². The molecular weight excluding hydrogens is 264 g/mol. The Kier molecular flexibility index (Phi) is 2.22. The number of benzene rings is 2. The highest BCUT2D eigenvalue weighted by molar-refractivity contribution is 6.18. The maximum atomic E-state index is 11.4. The third kappa shape index (κ3) is 1.47. The van der Waals surface area contributed by atoms with Crippen LogP contribution in [0.4, 0.5) is 0 Å². The minimum atomic E-state index is -0.905. The summed E-state index contributed by atoms with van der Waals surface area (Å²) < 4.78 is 1.75. The number of hydrogen-bond donors (Lipinski definition) is 2. The second kappa shape index (κ2) is 3.88. The SMILES string of the molecule is Cc1cc2c3ccccc3[nH]c2c2cc(C(=O)O)n(C)c12. The van der Waals surface area contributed by atoms with Crippen LogP contribution in [0, 0.1) is 6.92 Å². The minimum absolute atomic E-state index is 0.305. The number of hydrogen-bond acceptors (Lipinski definition) is 1. The summed E-state index contributed by atoms with van der Waals surface area (Å²) in [5.41, 5.74) is 4.42. The Bertz CT molecular complexity index is 1040. The highest BCUT2D eigenvalue weighted by Crippen LogP contribution is 2.34. The van der Waals surface area contributed by atoms with E-state index in [2.05, 4.69) is 17.1 Å². The number of nitrogens with zero attached hydrogens (tertiary/aromatic N) is 1. The molecule has 0 radical (unpaired) electrons. The summed E-state index contributed by atoms with van der Waals surface area (Å²) in [7, 11) is 1.80. The van der Waals surface area contributed by atoms with Crippen LogP contribution in [0.3, 0.4) is 0 Å². The fraction of sp³-hybridized carbons (Fsp3) is 0.118. The van der Waals surface area contributed by atoms with E-state index in [0.717, 1.165) is 32.9 Å². The van der Waals surface area contributed by atoms with Gasteiger partial charge < -0.3 is 14.7 Å². The van der Waals surface area contributed by atoms with Crippen LogP contribution in [0.1, 0.15) is 16.1 Å². The third-order valence-corrected chi connectivity index (χ3v) is 4.20. The highest BCUT2D eigenvalue weighted by Gasteiger charge is 2.17. The predicted octanol–water partition coefficient (Wildman–Crippen LogP) is 3.82. The van der Waals surface area contributed by atoms with Crippen LogP contribution in [0.5, 0.6) is 0 Å². The Morgan fingerprint density at radius 2 is 1.90 bits per heavy atom. The zero-order valence-corrected chi connectivity index (χ0v) is 11.8. The van der Waals surface area contributed by atoms with E-state index in [4.69, 9.17) is 0 Å². The quantitative estimate of drug-likeness (QED) is 0.556. The van der Waals surface area contributed by atoms with Crippen LogP contribution in [0.25, 0.3) is 32.7 Å². The molecule has 2 N–H and O–H groups in total. The van der Waals surface area contributed by atoms with Gasteiger partial charge in [0.05, 0.1) is 11.0 Å². The molecule has 0 saturated heterocycles. The fourth-order valence-corrected chi connectivity index (χ4v) is 3.29. The van der Waals surface area contributed by atoms with Crippen LogP contribution >= 0.6 is 0 Å². The molecule has 4 heteroatoms. The minimum Gasteiger partial charge on any atom is -0.477 e. The predicted molar refractivity (Wildman–Crippen MR) is 84.0 cm³/mol. The van der Waals surface area contributed by atoms with Crippen LogP contribution in [0.15, 0.2) is 36.4 Å². The third-order valence-electron chi connectivity index (χ3n) is 4.20. The van der Waals surface area contributed by atoms with Crippen molar-refractivity contribution in [1.82, 2.24) is 9.55 Å². The lowest BCUT2D eigenvalue weighted by molar-refractivity contribution is 0.0687. The second-order valence-corrected chi connectivity index (χ2v) is 5.44. The Morgan fingerprint density at radius 3 is 2.67 bits per heavy atom. The summed E-state index contributed by atoms with van der Waals surface area (Å²) in [5.74, 6) is -0.905. The number of fused-ring (bicyclic) bond motifs is 5. The van der Waals surface area contributed by atoms with Gasteiger partial charge in [0.15, 0.2) is 0 Å². The molecule has 4 nitrogen and oxygen atoms in total. The summed E-state index contributed by atoms with van der Waals surface area (Å²) in [4.78, 5) is 14.8. The van der Waals surface area contributed by atoms with Gasteiger partial charge in [0.1, 0.15) is 5.69 Å². The fourth-order valence-electron chi connectivity index (χ4n) is 3.29. The molecule has 0 spiro atoms. The number of aromatic amines is 1. The Morgan fingerprint density at radius 1 is 1.14 bits per heavy atom. The van der Waals surface area contributed by atoms with E-state index in [0.29, 0.717) is 5.69 Å². The largest absolute Gasteiger partial charge is 0.477 e. The van der Waals surface area contributed by atoms with E-state index in [1.165, 1.54) is 5.39 Å². The highest BCUT2D eigenvalue weighted by atomic mass is 16.4. The molecule has 4 rings (SSSR count). The Labute approximate surface area is 120 Å². The van der Waals surface area contributed by atoms with E-state index >= 15 is 0 Å². The van der Waals surface area contributed by atoms with E-state index < -0.39 is 5.97 Å². The molecule has 21 heavy (non-hydrogen) atoms. The average molecular weight is 278 g/mol.